The number of anilines is 2. The molecule has 13 heteroatoms. The molecule has 0 saturated carbocycles. The fourth-order valence-electron chi connectivity index (χ4n) is 5.24. The molecule has 1 amide bonds. The lowest BCUT2D eigenvalue weighted by Gasteiger charge is -2.33. The Balaban J connectivity index is 0.00000308. The number of ether oxygens (including phenoxy) is 1. The highest BCUT2D eigenvalue weighted by Crippen LogP contribution is 2.40. The third kappa shape index (κ3) is 7.12. The molecule has 1 unspecified atom stereocenters. The van der Waals surface area contributed by atoms with Crippen molar-refractivity contribution < 1.29 is 22.7 Å². The van der Waals surface area contributed by atoms with Gasteiger partial charge in [0.05, 0.1) is 22.9 Å². The second kappa shape index (κ2) is 14.2. The van der Waals surface area contributed by atoms with Crippen LogP contribution in [0.3, 0.4) is 0 Å². The number of thiocarbonyl (C=S) groups is 1. The van der Waals surface area contributed by atoms with Gasteiger partial charge in [0, 0.05) is 37.9 Å². The van der Waals surface area contributed by atoms with Crippen LogP contribution in [0, 0.1) is 11.3 Å². The fourth-order valence-corrected chi connectivity index (χ4v) is 5.76. The largest absolute Gasteiger partial charge is 0.492 e. The maximum Gasteiger partial charge on any atom is 0.417 e. The normalized spacial score (nSPS) is 18.8. The van der Waals surface area contributed by atoms with Gasteiger partial charge >= 0.3 is 6.18 Å². The summed E-state index contributed by atoms with van der Waals surface area (Å²) in [5.41, 5.74) is -1.24. The van der Waals surface area contributed by atoms with Crippen molar-refractivity contribution in [1.82, 2.24) is 10.2 Å². The molecule has 7 nitrogen and oxygen atoms in total. The summed E-state index contributed by atoms with van der Waals surface area (Å²) in [5, 5.41) is 12.7. The zero-order valence-electron chi connectivity index (χ0n) is 24.0. The first-order valence-electron chi connectivity index (χ1n) is 13.4. The van der Waals surface area contributed by atoms with E-state index in [0.717, 1.165) is 60.9 Å². The Labute approximate surface area is 262 Å². The van der Waals surface area contributed by atoms with E-state index in [9.17, 15) is 18.0 Å². The molecule has 2 aromatic carbocycles. The number of hydrogen-bond acceptors (Lipinski definition) is 6. The molecule has 2 aliphatic rings. The Kier molecular flexibility index (Phi) is 12.1. The molecule has 2 fully saturated rings. The van der Waals surface area contributed by atoms with Crippen LogP contribution in [-0.4, -0.2) is 60.3 Å². The summed E-state index contributed by atoms with van der Waals surface area (Å²) in [5.74, 6) is 0.288. The van der Waals surface area contributed by atoms with Gasteiger partial charge in [-0.1, -0.05) is 13.8 Å². The number of nitrogens with one attached hydrogen (secondary N) is 1. The van der Waals surface area contributed by atoms with Gasteiger partial charge in [0.2, 0.25) is 0 Å². The van der Waals surface area contributed by atoms with Crippen LogP contribution in [0.25, 0.3) is 0 Å². The van der Waals surface area contributed by atoms with Gasteiger partial charge in [0.1, 0.15) is 17.9 Å². The first-order valence-corrected chi connectivity index (χ1v) is 13.8. The zero-order valence-corrected chi connectivity index (χ0v) is 26.4. The number of alkyl halides is 3. The summed E-state index contributed by atoms with van der Waals surface area (Å²) in [4.78, 5) is 18.7. The highest BCUT2D eigenvalue weighted by molar-refractivity contribution is 7.81. The van der Waals surface area contributed by atoms with E-state index < -0.39 is 28.7 Å². The molecule has 2 aliphatic heterocycles. The number of amides is 1. The SMILES string of the molecule is CCc1cc(N2C(=S)N(c3ccc(C#N)c(C(F)(F)F)c3)C(=O)C2(C)C)ccc1OCCN1CCNC(CC)C1.Cl.Cl. The summed E-state index contributed by atoms with van der Waals surface area (Å²) in [7, 11) is 0. The van der Waals surface area contributed by atoms with E-state index in [1.807, 2.05) is 25.1 Å². The summed E-state index contributed by atoms with van der Waals surface area (Å²) >= 11 is 5.67. The standard InChI is InChI=1S/C29H34F3N5O2S.2ClH/c1-5-19-15-23(9-10-25(19)39-14-13-35-12-11-34-21(6-2)18-35)37-27(40)36(26(38)28(37,3)4)22-8-7-20(17-33)24(16-22)29(30,31)32;;/h7-10,15-16,21,34H,5-6,11-14,18H2,1-4H3;2*1H. The third-order valence-electron chi connectivity index (χ3n) is 7.54. The smallest absolute Gasteiger partial charge is 0.417 e. The van der Waals surface area contributed by atoms with Crippen molar-refractivity contribution in [3.8, 4) is 11.8 Å². The third-order valence-corrected chi connectivity index (χ3v) is 7.90. The summed E-state index contributed by atoms with van der Waals surface area (Å²) < 4.78 is 47.0. The molecule has 42 heavy (non-hydrogen) atoms. The zero-order chi connectivity index (χ0) is 29.2. The van der Waals surface area contributed by atoms with Crippen molar-refractivity contribution in [2.24, 2.45) is 0 Å². The van der Waals surface area contributed by atoms with E-state index in [0.29, 0.717) is 24.8 Å². The molecule has 0 spiro atoms. The number of benzene rings is 2. The van der Waals surface area contributed by atoms with Gasteiger partial charge in [-0.2, -0.15) is 18.4 Å². The van der Waals surface area contributed by atoms with Crippen LogP contribution in [0.5, 0.6) is 5.75 Å². The lowest BCUT2D eigenvalue weighted by Crippen LogP contribution is -2.51. The van der Waals surface area contributed by atoms with Crippen LogP contribution >= 0.6 is 37.0 Å². The molecule has 2 aromatic rings. The molecule has 4 rings (SSSR count). The molecule has 2 saturated heterocycles. The fraction of sp³-hybridized carbons (Fsp3) is 0.483. The Morgan fingerprint density at radius 2 is 1.83 bits per heavy atom. The van der Waals surface area contributed by atoms with Gasteiger partial charge in [-0.05, 0) is 80.9 Å². The van der Waals surface area contributed by atoms with Crippen molar-refractivity contribution in [3.63, 3.8) is 0 Å². The van der Waals surface area contributed by atoms with E-state index in [-0.39, 0.29) is 35.6 Å². The van der Waals surface area contributed by atoms with Crippen molar-refractivity contribution in [1.29, 1.82) is 5.26 Å². The van der Waals surface area contributed by atoms with E-state index in [2.05, 4.69) is 17.1 Å². The maximum atomic E-state index is 13.6. The Morgan fingerprint density at radius 1 is 1.14 bits per heavy atom. The quantitative estimate of drug-likeness (QED) is 0.355. The summed E-state index contributed by atoms with van der Waals surface area (Å²) in [6.45, 7) is 11.9. The monoisotopic (exact) mass is 645 g/mol. The Hall–Kier alpha value is -2.62. The average Bonchev–Trinajstić information content (AvgIpc) is 3.11. The van der Waals surface area contributed by atoms with Crippen molar-refractivity contribution in [2.75, 3.05) is 42.6 Å². The van der Waals surface area contributed by atoms with Crippen LogP contribution in [0.15, 0.2) is 36.4 Å². The average molecular weight is 647 g/mol. The summed E-state index contributed by atoms with van der Waals surface area (Å²) in [6, 6.07) is 10.8. The highest BCUT2D eigenvalue weighted by Gasteiger charge is 2.50. The molecule has 0 aromatic heterocycles. The van der Waals surface area contributed by atoms with Gasteiger partial charge in [-0.3, -0.25) is 14.6 Å². The molecular weight excluding hydrogens is 610 g/mol. The molecule has 1 N–H and O–H groups in total. The topological polar surface area (TPSA) is 71.8 Å². The van der Waals surface area contributed by atoms with Crippen molar-refractivity contribution in [2.45, 2.75) is 58.3 Å². The van der Waals surface area contributed by atoms with Crippen molar-refractivity contribution in [3.05, 3.63) is 53.1 Å². The molecule has 2 heterocycles. The highest BCUT2D eigenvalue weighted by atomic mass is 35.5. The van der Waals surface area contributed by atoms with E-state index in [4.69, 9.17) is 22.2 Å². The summed E-state index contributed by atoms with van der Waals surface area (Å²) in [6.07, 6.45) is -2.99. The van der Waals surface area contributed by atoms with Gasteiger partial charge in [0.25, 0.3) is 5.91 Å². The predicted octanol–water partition coefficient (Wildman–Crippen LogP) is 5.96. The second-order valence-corrected chi connectivity index (χ2v) is 10.9. The van der Waals surface area contributed by atoms with Gasteiger partial charge in [-0.15, -0.1) is 24.8 Å². The Morgan fingerprint density at radius 3 is 2.45 bits per heavy atom. The minimum atomic E-state index is -4.75. The number of piperazine rings is 1. The van der Waals surface area contributed by atoms with Gasteiger partial charge in [-0.25, -0.2) is 0 Å². The van der Waals surface area contributed by atoms with Crippen LogP contribution < -0.4 is 19.9 Å². The molecule has 0 aliphatic carbocycles. The molecule has 230 valence electrons. The van der Waals surface area contributed by atoms with Crippen LogP contribution in [-0.2, 0) is 17.4 Å². The van der Waals surface area contributed by atoms with E-state index in [1.165, 1.54) is 6.07 Å². The van der Waals surface area contributed by atoms with Gasteiger partial charge in [0.15, 0.2) is 5.11 Å². The van der Waals surface area contributed by atoms with Crippen molar-refractivity contribution >= 4 is 59.4 Å². The molecule has 1 atom stereocenters. The van der Waals surface area contributed by atoms with E-state index in [1.54, 1.807) is 24.8 Å². The first kappa shape index (κ1) is 35.6. The number of carbonyl (C=O) groups excluding carboxylic acids is 1. The number of carbonyl (C=O) groups is 1. The Bertz CT molecular complexity index is 1340. The molecule has 0 radical (unpaired) electrons. The van der Waals surface area contributed by atoms with Crippen LogP contribution in [0.2, 0.25) is 0 Å². The number of halogens is 5. The minimum absolute atomic E-state index is 0. The lowest BCUT2D eigenvalue weighted by atomic mass is 10.0. The van der Waals surface area contributed by atoms with Crippen LogP contribution in [0.4, 0.5) is 24.5 Å². The van der Waals surface area contributed by atoms with Crippen LogP contribution in [0.1, 0.15) is 50.8 Å². The molecular formula is C29H36Cl2F3N5O2S. The minimum Gasteiger partial charge on any atom is -0.492 e. The number of nitrogens with zero attached hydrogens (tertiary/aromatic N) is 4. The first-order chi connectivity index (χ1) is 18.9. The molecule has 0 bridgehead atoms. The van der Waals surface area contributed by atoms with Gasteiger partial charge < -0.3 is 15.0 Å². The predicted molar refractivity (Wildman–Crippen MR) is 167 cm³/mol. The van der Waals surface area contributed by atoms with E-state index >= 15 is 0 Å². The number of nitriles is 1. The lowest BCUT2D eigenvalue weighted by molar-refractivity contribution is -0.137. The number of rotatable bonds is 8. The number of hydrogen-bond donors (Lipinski definition) is 1. The number of aryl methyl sites for hydroxylation is 1. The second-order valence-electron chi connectivity index (χ2n) is 10.5. The maximum absolute atomic E-state index is 13.6.